The summed E-state index contributed by atoms with van der Waals surface area (Å²) in [6.07, 6.45) is 0. The molecule has 0 unspecified atom stereocenters. The van der Waals surface area contributed by atoms with Gasteiger partial charge in [-0.05, 0) is 52.0 Å². The van der Waals surface area contributed by atoms with E-state index in [1.54, 1.807) is 0 Å². The third kappa shape index (κ3) is 8.21. The van der Waals surface area contributed by atoms with E-state index in [-0.39, 0.29) is 50.9 Å². The number of hydrogen-bond acceptors (Lipinski definition) is 8. The number of carbonyl (C=O) groups excluding carboxylic acids is 4. The molecule has 0 aliphatic rings. The van der Waals surface area contributed by atoms with Crippen LogP contribution in [-0.4, -0.2) is 23.9 Å². The maximum Gasteiger partial charge on any atom is 0.338 e. The minimum absolute atomic E-state index is 0.0158. The summed E-state index contributed by atoms with van der Waals surface area (Å²) in [6.45, 7) is 20.1. The molecule has 2 aromatic carbocycles. The summed E-state index contributed by atoms with van der Waals surface area (Å²) in [5.74, 6) is 3.03. The summed E-state index contributed by atoms with van der Waals surface area (Å²) in [5.41, 5.74) is 1.29. The van der Waals surface area contributed by atoms with Crippen molar-refractivity contribution in [2.24, 2.45) is 0 Å². The van der Waals surface area contributed by atoms with Gasteiger partial charge in [0.05, 0.1) is 5.56 Å². The van der Waals surface area contributed by atoms with Gasteiger partial charge < -0.3 is 18.9 Å². The largest absolute Gasteiger partial charge is 0.423 e. The molecule has 0 amide bonds. The molecule has 2 rings (SSSR count). The van der Waals surface area contributed by atoms with Crippen molar-refractivity contribution in [3.05, 3.63) is 96.1 Å². The van der Waals surface area contributed by atoms with Crippen LogP contribution in [0.2, 0.25) is 0 Å². The predicted octanol–water partition coefficient (Wildman–Crippen LogP) is 5.01. The molecule has 8 heteroatoms. The molecule has 0 saturated heterocycles. The van der Waals surface area contributed by atoms with Crippen LogP contribution in [0, 0.1) is 11.8 Å². The van der Waals surface area contributed by atoms with Crippen molar-refractivity contribution >= 4 is 23.9 Å². The highest BCUT2D eigenvalue weighted by molar-refractivity contribution is 5.91. The Morgan fingerprint density at radius 2 is 1.03 bits per heavy atom. The molecule has 2 aromatic rings. The fourth-order valence-corrected chi connectivity index (χ4v) is 2.40. The van der Waals surface area contributed by atoms with Crippen LogP contribution >= 0.6 is 0 Å². The van der Waals surface area contributed by atoms with Gasteiger partial charge in [0.25, 0.3) is 0 Å². The smallest absolute Gasteiger partial charge is 0.338 e. The van der Waals surface area contributed by atoms with Gasteiger partial charge >= 0.3 is 23.9 Å². The zero-order chi connectivity index (χ0) is 28.6. The normalized spacial score (nSPS) is 9.68. The number of benzene rings is 2. The second-order valence-corrected chi connectivity index (χ2v) is 8.25. The fraction of sp³-hybridized carbons (Fsp3) is 0.133. The molecular formula is C30H26O8. The van der Waals surface area contributed by atoms with E-state index >= 15 is 0 Å². The highest BCUT2D eigenvalue weighted by Crippen LogP contribution is 2.30. The molecular weight excluding hydrogens is 488 g/mol. The first kappa shape index (κ1) is 29.1. The van der Waals surface area contributed by atoms with Crippen LogP contribution in [-0.2, 0) is 19.2 Å². The van der Waals surface area contributed by atoms with Crippen LogP contribution in [0.25, 0.3) is 0 Å². The third-order valence-corrected chi connectivity index (χ3v) is 4.45. The van der Waals surface area contributed by atoms with Gasteiger partial charge in [-0.1, -0.05) is 38.2 Å². The van der Waals surface area contributed by atoms with Crippen molar-refractivity contribution in [2.45, 2.75) is 27.7 Å². The lowest BCUT2D eigenvalue weighted by molar-refractivity contribution is -0.132. The van der Waals surface area contributed by atoms with Gasteiger partial charge in [0, 0.05) is 40.0 Å². The summed E-state index contributed by atoms with van der Waals surface area (Å²) in [7, 11) is 0. The monoisotopic (exact) mass is 514 g/mol. The number of rotatable bonds is 8. The summed E-state index contributed by atoms with van der Waals surface area (Å²) >= 11 is 0. The van der Waals surface area contributed by atoms with E-state index in [0.29, 0.717) is 5.56 Å². The second kappa shape index (κ2) is 12.7. The fourth-order valence-electron chi connectivity index (χ4n) is 2.40. The van der Waals surface area contributed by atoms with Crippen LogP contribution in [0.5, 0.6) is 23.0 Å². The van der Waals surface area contributed by atoms with E-state index in [1.807, 2.05) is 0 Å². The summed E-state index contributed by atoms with van der Waals surface area (Å²) in [6, 6.07) is 8.66. The van der Waals surface area contributed by atoms with E-state index in [4.69, 9.17) is 18.9 Å². The highest BCUT2D eigenvalue weighted by Gasteiger charge is 2.16. The van der Waals surface area contributed by atoms with Crippen LogP contribution < -0.4 is 18.9 Å². The van der Waals surface area contributed by atoms with Crippen molar-refractivity contribution in [1.29, 1.82) is 0 Å². The van der Waals surface area contributed by atoms with E-state index < -0.39 is 23.9 Å². The Labute approximate surface area is 220 Å². The molecule has 0 aliphatic carbocycles. The Morgan fingerprint density at radius 3 is 1.55 bits per heavy atom. The van der Waals surface area contributed by atoms with Crippen LogP contribution in [0.3, 0.4) is 0 Å². The van der Waals surface area contributed by atoms with Gasteiger partial charge in [-0.3, -0.25) is 0 Å². The second-order valence-electron chi connectivity index (χ2n) is 8.25. The first-order chi connectivity index (χ1) is 17.8. The van der Waals surface area contributed by atoms with E-state index in [0.717, 1.165) is 0 Å². The first-order valence-corrected chi connectivity index (χ1v) is 11.1. The minimum Gasteiger partial charge on any atom is -0.423 e. The third-order valence-electron chi connectivity index (χ3n) is 4.45. The van der Waals surface area contributed by atoms with Gasteiger partial charge in [-0.25, -0.2) is 19.2 Å². The Hall–Kier alpha value is -5.16. The summed E-state index contributed by atoms with van der Waals surface area (Å²) in [5, 5.41) is 0. The van der Waals surface area contributed by atoms with E-state index in [1.165, 1.54) is 64.1 Å². The van der Waals surface area contributed by atoms with Gasteiger partial charge in [0.15, 0.2) is 17.2 Å². The predicted molar refractivity (Wildman–Crippen MR) is 141 cm³/mol. The number of esters is 4. The van der Waals surface area contributed by atoms with E-state index in [9.17, 15) is 19.2 Å². The molecule has 0 saturated carbocycles. The van der Waals surface area contributed by atoms with Gasteiger partial charge in [-0.15, -0.1) is 0 Å². The standard InChI is InChI=1S/C30H26O8/c1-17(2)27(31)35-23-13-12-22(25(16-23)37-29(33)19(5)6)11-9-21-10-14-24(36-28(32)18(3)4)26(15-21)38-30(34)20(7)8/h10,12-16H,1,3,5,7H2,2,4,6,8H3. The van der Waals surface area contributed by atoms with Crippen molar-refractivity contribution in [2.75, 3.05) is 0 Å². The number of hydrogen-bond donors (Lipinski definition) is 0. The topological polar surface area (TPSA) is 105 Å². The molecule has 0 radical (unpaired) electrons. The Kier molecular flexibility index (Phi) is 9.71. The Morgan fingerprint density at radius 1 is 0.553 bits per heavy atom. The van der Waals surface area contributed by atoms with Crippen LogP contribution in [0.15, 0.2) is 85.0 Å². The maximum absolute atomic E-state index is 12.2. The Bertz CT molecular complexity index is 1450. The first-order valence-electron chi connectivity index (χ1n) is 11.1. The lowest BCUT2D eigenvalue weighted by Crippen LogP contribution is -2.13. The van der Waals surface area contributed by atoms with Crippen molar-refractivity contribution in [3.8, 4) is 34.8 Å². The molecule has 0 spiro atoms. The molecule has 8 nitrogen and oxygen atoms in total. The van der Waals surface area contributed by atoms with Gasteiger partial charge in [-0.2, -0.15) is 0 Å². The molecule has 0 heterocycles. The molecule has 0 fully saturated rings. The Balaban J connectivity index is 2.51. The van der Waals surface area contributed by atoms with Crippen LogP contribution in [0.1, 0.15) is 38.8 Å². The lowest BCUT2D eigenvalue weighted by Gasteiger charge is -2.11. The van der Waals surface area contributed by atoms with E-state index in [2.05, 4.69) is 38.2 Å². The van der Waals surface area contributed by atoms with Crippen molar-refractivity contribution in [3.63, 3.8) is 0 Å². The summed E-state index contributed by atoms with van der Waals surface area (Å²) in [4.78, 5) is 48.2. The number of carbonyl (C=O) groups is 4. The molecule has 0 N–H and O–H groups in total. The maximum atomic E-state index is 12.2. The quantitative estimate of drug-likeness (QED) is 0.209. The molecule has 0 bridgehead atoms. The molecule has 0 aliphatic heterocycles. The number of ether oxygens (including phenoxy) is 4. The van der Waals surface area contributed by atoms with Crippen LogP contribution in [0.4, 0.5) is 0 Å². The van der Waals surface area contributed by atoms with Gasteiger partial charge in [0.2, 0.25) is 0 Å². The molecule has 0 atom stereocenters. The molecule has 194 valence electrons. The average Bonchev–Trinajstić information content (AvgIpc) is 2.84. The zero-order valence-corrected chi connectivity index (χ0v) is 21.6. The van der Waals surface area contributed by atoms with Crippen molar-refractivity contribution < 1.29 is 38.1 Å². The van der Waals surface area contributed by atoms with Crippen molar-refractivity contribution in [1.82, 2.24) is 0 Å². The average molecular weight is 515 g/mol. The highest BCUT2D eigenvalue weighted by atomic mass is 16.6. The molecule has 0 aromatic heterocycles. The minimum atomic E-state index is -0.725. The SMILES string of the molecule is C=C(C)C(=O)Oc1ccc(C#Cc2ccc(OC(=O)C(=C)C)c(OC(=O)C(=C)C)c2)c(OC(=O)C(=C)C)c1. The molecule has 38 heavy (non-hydrogen) atoms. The van der Waals surface area contributed by atoms with Gasteiger partial charge in [0.1, 0.15) is 5.75 Å². The zero-order valence-electron chi connectivity index (χ0n) is 21.6. The summed E-state index contributed by atoms with van der Waals surface area (Å²) < 4.78 is 21.1. The lowest BCUT2D eigenvalue weighted by atomic mass is 10.1.